The van der Waals surface area contributed by atoms with Crippen LogP contribution in [0.25, 0.3) is 22.1 Å². The van der Waals surface area contributed by atoms with Gasteiger partial charge < -0.3 is 9.55 Å². The number of likely N-dealkylation sites (tertiary alicyclic amines) is 1. The van der Waals surface area contributed by atoms with Crippen LogP contribution in [0.3, 0.4) is 0 Å². The molecule has 7 nitrogen and oxygen atoms in total. The van der Waals surface area contributed by atoms with Crippen molar-refractivity contribution in [2.75, 3.05) is 13.1 Å². The highest BCUT2D eigenvalue weighted by Gasteiger charge is 2.35. The summed E-state index contributed by atoms with van der Waals surface area (Å²) in [5.74, 6) is 0.284. The molecule has 1 N–H and O–H groups in total. The first-order chi connectivity index (χ1) is 17.0. The standard InChI is InChI=1S/C27H27N5O2S/c1-19-13-15-31(17-20-8-4-2-5-9-20)18-24(19)32-25-22-12-14-28-26(22)29-16-23(25)30-27(32)35(33,34)21-10-6-3-7-11-21/h2-12,14,16,19,24H,13,15,17-18H2,1H3,(H,28,29). The van der Waals surface area contributed by atoms with Crippen LogP contribution < -0.4 is 0 Å². The van der Waals surface area contributed by atoms with E-state index in [0.29, 0.717) is 5.52 Å². The number of aromatic nitrogens is 4. The van der Waals surface area contributed by atoms with Gasteiger partial charge in [0, 0.05) is 24.7 Å². The van der Waals surface area contributed by atoms with E-state index in [1.54, 1.807) is 30.5 Å². The average Bonchev–Trinajstić information content (AvgIpc) is 3.51. The van der Waals surface area contributed by atoms with Gasteiger partial charge in [0.05, 0.1) is 22.7 Å². The molecule has 6 rings (SSSR count). The van der Waals surface area contributed by atoms with Gasteiger partial charge >= 0.3 is 0 Å². The number of pyridine rings is 1. The number of H-pyrrole nitrogens is 1. The van der Waals surface area contributed by atoms with Gasteiger partial charge in [-0.3, -0.25) is 4.90 Å². The lowest BCUT2D eigenvalue weighted by atomic mass is 9.92. The zero-order chi connectivity index (χ0) is 24.0. The minimum Gasteiger partial charge on any atom is -0.346 e. The van der Waals surface area contributed by atoms with Crippen molar-refractivity contribution in [1.29, 1.82) is 0 Å². The Morgan fingerprint density at radius 1 is 1.03 bits per heavy atom. The van der Waals surface area contributed by atoms with E-state index >= 15 is 0 Å². The summed E-state index contributed by atoms with van der Waals surface area (Å²) in [5, 5.41) is 0.976. The van der Waals surface area contributed by atoms with Gasteiger partial charge in [0.25, 0.3) is 0 Å². The van der Waals surface area contributed by atoms with Crippen LogP contribution in [0.4, 0.5) is 0 Å². The van der Waals surface area contributed by atoms with Crippen LogP contribution in [0, 0.1) is 5.92 Å². The van der Waals surface area contributed by atoms with Crippen LogP contribution in [-0.4, -0.2) is 45.9 Å². The molecule has 1 saturated heterocycles. The van der Waals surface area contributed by atoms with Crippen molar-refractivity contribution >= 4 is 31.9 Å². The van der Waals surface area contributed by atoms with Crippen molar-refractivity contribution in [3.05, 3.63) is 84.7 Å². The van der Waals surface area contributed by atoms with Crippen LogP contribution in [0.2, 0.25) is 0 Å². The fourth-order valence-corrected chi connectivity index (χ4v) is 6.64. The van der Waals surface area contributed by atoms with Crippen LogP contribution in [0.15, 0.2) is 89.2 Å². The summed E-state index contributed by atoms with van der Waals surface area (Å²) in [7, 11) is -3.84. The summed E-state index contributed by atoms with van der Waals surface area (Å²) in [6.45, 7) is 4.76. The molecule has 35 heavy (non-hydrogen) atoms. The Morgan fingerprint density at radius 2 is 1.77 bits per heavy atom. The highest BCUT2D eigenvalue weighted by Crippen LogP contribution is 2.37. The molecule has 0 spiro atoms. The van der Waals surface area contributed by atoms with Gasteiger partial charge in [0.1, 0.15) is 11.2 Å². The Hall–Kier alpha value is -3.49. The maximum Gasteiger partial charge on any atom is 0.240 e. The summed E-state index contributed by atoms with van der Waals surface area (Å²) < 4.78 is 29.8. The normalized spacial score (nSPS) is 19.5. The monoisotopic (exact) mass is 485 g/mol. The van der Waals surface area contributed by atoms with Crippen LogP contribution >= 0.6 is 0 Å². The quantitative estimate of drug-likeness (QED) is 0.386. The van der Waals surface area contributed by atoms with Crippen molar-refractivity contribution in [3.63, 3.8) is 0 Å². The van der Waals surface area contributed by atoms with E-state index in [2.05, 4.69) is 51.0 Å². The van der Waals surface area contributed by atoms with Gasteiger partial charge in [-0.1, -0.05) is 55.5 Å². The molecule has 8 heteroatoms. The van der Waals surface area contributed by atoms with E-state index in [4.69, 9.17) is 0 Å². The van der Waals surface area contributed by atoms with E-state index in [0.717, 1.165) is 42.6 Å². The SMILES string of the molecule is CC1CCN(Cc2ccccc2)CC1n1c(S(=O)(=O)c2ccccc2)nc2cnc3[nH]ccc3c21. The number of benzene rings is 2. The second-order valence-electron chi connectivity index (χ2n) is 9.37. The fourth-order valence-electron chi connectivity index (χ4n) is 5.21. The zero-order valence-corrected chi connectivity index (χ0v) is 20.3. The molecule has 1 aliphatic rings. The highest BCUT2D eigenvalue weighted by atomic mass is 32.2. The Morgan fingerprint density at radius 3 is 2.54 bits per heavy atom. The molecule has 0 amide bonds. The highest BCUT2D eigenvalue weighted by molar-refractivity contribution is 7.91. The number of nitrogens with one attached hydrogen (secondary N) is 1. The molecule has 4 heterocycles. The van der Waals surface area contributed by atoms with Crippen molar-refractivity contribution in [2.24, 2.45) is 5.92 Å². The number of aromatic amines is 1. The number of imidazole rings is 1. The lowest BCUT2D eigenvalue weighted by Gasteiger charge is -2.38. The van der Waals surface area contributed by atoms with Gasteiger partial charge in [-0.25, -0.2) is 18.4 Å². The van der Waals surface area contributed by atoms with Gasteiger partial charge in [-0.05, 0) is 42.6 Å². The zero-order valence-electron chi connectivity index (χ0n) is 19.5. The first kappa shape index (κ1) is 22.0. The molecule has 0 bridgehead atoms. The van der Waals surface area contributed by atoms with Crippen LogP contribution in [-0.2, 0) is 16.4 Å². The first-order valence-corrected chi connectivity index (χ1v) is 13.4. The molecule has 2 aromatic carbocycles. The number of hydrogen-bond donors (Lipinski definition) is 1. The maximum atomic E-state index is 13.9. The van der Waals surface area contributed by atoms with Crippen LogP contribution in [0.1, 0.15) is 24.9 Å². The molecule has 0 aliphatic carbocycles. The first-order valence-electron chi connectivity index (χ1n) is 11.9. The average molecular weight is 486 g/mol. The summed E-state index contributed by atoms with van der Waals surface area (Å²) in [5.41, 5.74) is 3.40. The number of rotatable bonds is 5. The van der Waals surface area contributed by atoms with Crippen molar-refractivity contribution < 1.29 is 8.42 Å². The Kier molecular flexibility index (Phi) is 5.42. The number of piperidine rings is 1. The molecule has 0 saturated carbocycles. The minimum atomic E-state index is -3.84. The topological polar surface area (TPSA) is 83.9 Å². The third-order valence-electron chi connectivity index (χ3n) is 7.08. The minimum absolute atomic E-state index is 0.0496. The van der Waals surface area contributed by atoms with Crippen molar-refractivity contribution in [3.8, 4) is 0 Å². The summed E-state index contributed by atoms with van der Waals surface area (Å²) in [6, 6.07) is 20.9. The van der Waals surface area contributed by atoms with Gasteiger partial charge in [0.2, 0.25) is 15.0 Å². The Labute approximate surface area is 204 Å². The van der Waals surface area contributed by atoms with E-state index in [1.165, 1.54) is 5.56 Å². The largest absolute Gasteiger partial charge is 0.346 e. The van der Waals surface area contributed by atoms with Crippen LogP contribution in [0.5, 0.6) is 0 Å². The number of sulfone groups is 1. The second-order valence-corrected chi connectivity index (χ2v) is 11.2. The molecule has 1 aliphatic heterocycles. The summed E-state index contributed by atoms with van der Waals surface area (Å²) >= 11 is 0. The second kappa shape index (κ2) is 8.62. The molecule has 2 unspecified atom stereocenters. The van der Waals surface area contributed by atoms with E-state index in [-0.39, 0.29) is 22.0 Å². The number of fused-ring (bicyclic) bond motifs is 3. The fraction of sp³-hybridized carbons (Fsp3) is 0.259. The van der Waals surface area contributed by atoms with Gasteiger partial charge in [-0.15, -0.1) is 0 Å². The number of nitrogens with zero attached hydrogens (tertiary/aromatic N) is 4. The Bertz CT molecular complexity index is 1590. The molecule has 2 atom stereocenters. The van der Waals surface area contributed by atoms with Gasteiger partial charge in [-0.2, -0.15) is 0 Å². The molecule has 1 fully saturated rings. The smallest absolute Gasteiger partial charge is 0.240 e. The number of hydrogen-bond acceptors (Lipinski definition) is 5. The van der Waals surface area contributed by atoms with E-state index < -0.39 is 9.84 Å². The molecular formula is C27H27N5O2S. The predicted molar refractivity (Wildman–Crippen MR) is 136 cm³/mol. The third kappa shape index (κ3) is 3.83. The van der Waals surface area contributed by atoms with Crippen molar-refractivity contribution in [1.82, 2.24) is 24.4 Å². The lowest BCUT2D eigenvalue weighted by Crippen LogP contribution is -2.41. The summed E-state index contributed by atoms with van der Waals surface area (Å²) in [4.78, 5) is 15.0. The third-order valence-corrected chi connectivity index (χ3v) is 8.74. The summed E-state index contributed by atoms with van der Waals surface area (Å²) in [6.07, 6.45) is 4.49. The lowest BCUT2D eigenvalue weighted by molar-refractivity contribution is 0.123. The maximum absolute atomic E-state index is 13.9. The Balaban J connectivity index is 1.52. The van der Waals surface area contributed by atoms with E-state index in [9.17, 15) is 8.42 Å². The van der Waals surface area contributed by atoms with E-state index in [1.807, 2.05) is 29.0 Å². The molecule has 178 valence electrons. The molecule has 3 aromatic heterocycles. The van der Waals surface area contributed by atoms with Gasteiger partial charge in [0.15, 0.2) is 0 Å². The molecule has 5 aromatic rings. The predicted octanol–water partition coefficient (Wildman–Crippen LogP) is 4.83. The molecular weight excluding hydrogens is 458 g/mol. The van der Waals surface area contributed by atoms with Crippen molar-refractivity contribution in [2.45, 2.75) is 36.0 Å². The molecule has 0 radical (unpaired) electrons.